The van der Waals surface area contributed by atoms with Crippen molar-refractivity contribution in [3.63, 3.8) is 0 Å². The smallest absolute Gasteiger partial charge is 0.387 e. The molecule has 5 nitrogen and oxygen atoms in total. The topological polar surface area (TPSA) is 59.6 Å². The lowest BCUT2D eigenvalue weighted by atomic mass is 10.2. The third-order valence-corrected chi connectivity index (χ3v) is 2.98. The first-order valence-electron chi connectivity index (χ1n) is 6.22. The molecule has 0 radical (unpaired) electrons. The van der Waals surface area contributed by atoms with Crippen molar-refractivity contribution < 1.29 is 23.0 Å². The predicted molar refractivity (Wildman–Crippen MR) is 77.4 cm³/mol. The molecule has 0 aliphatic carbocycles. The Morgan fingerprint density at radius 1 is 1.43 bits per heavy atom. The zero-order chi connectivity index (χ0) is 15.7. The number of alkyl halides is 2. The fraction of sp³-hybridized carbons (Fsp3) is 0.462. The highest BCUT2D eigenvalue weighted by molar-refractivity contribution is 9.10. The number of halogens is 3. The van der Waals surface area contributed by atoms with Crippen LogP contribution in [0.3, 0.4) is 0 Å². The summed E-state index contributed by atoms with van der Waals surface area (Å²) in [5.41, 5.74) is 0.468. The van der Waals surface area contributed by atoms with E-state index in [4.69, 9.17) is 4.74 Å². The molecule has 2 N–H and O–H groups in total. The first kappa shape index (κ1) is 17.8. The van der Waals surface area contributed by atoms with E-state index in [0.717, 1.165) is 0 Å². The van der Waals surface area contributed by atoms with Gasteiger partial charge in [-0.15, -0.1) is 0 Å². The minimum atomic E-state index is -2.91. The fourth-order valence-electron chi connectivity index (χ4n) is 1.53. The van der Waals surface area contributed by atoms with Crippen LogP contribution < -0.4 is 15.4 Å². The Morgan fingerprint density at radius 2 is 2.19 bits per heavy atom. The SMILES string of the molecule is COCCNCC(=O)NCc1cc(Br)ccc1OC(F)F. The van der Waals surface area contributed by atoms with Crippen LogP contribution in [0.5, 0.6) is 5.75 Å². The average Bonchev–Trinajstić information content (AvgIpc) is 2.43. The number of methoxy groups -OCH3 is 1. The van der Waals surface area contributed by atoms with Gasteiger partial charge in [-0.2, -0.15) is 8.78 Å². The highest BCUT2D eigenvalue weighted by Crippen LogP contribution is 2.24. The van der Waals surface area contributed by atoms with Crippen LogP contribution in [0.4, 0.5) is 8.78 Å². The molecule has 0 unspecified atom stereocenters. The van der Waals surface area contributed by atoms with Gasteiger partial charge in [-0.05, 0) is 18.2 Å². The maximum Gasteiger partial charge on any atom is 0.387 e. The van der Waals surface area contributed by atoms with Gasteiger partial charge < -0.3 is 20.1 Å². The molecular weight excluding hydrogens is 350 g/mol. The second kappa shape index (κ2) is 9.64. The van der Waals surface area contributed by atoms with Crippen LogP contribution in [-0.2, 0) is 16.1 Å². The highest BCUT2D eigenvalue weighted by Gasteiger charge is 2.11. The van der Waals surface area contributed by atoms with Gasteiger partial charge in [0, 0.05) is 30.2 Å². The van der Waals surface area contributed by atoms with Crippen molar-refractivity contribution in [1.29, 1.82) is 0 Å². The van der Waals surface area contributed by atoms with E-state index < -0.39 is 6.61 Å². The van der Waals surface area contributed by atoms with E-state index in [-0.39, 0.29) is 24.7 Å². The van der Waals surface area contributed by atoms with E-state index in [1.165, 1.54) is 6.07 Å². The molecule has 1 aromatic rings. The molecular formula is C13H17BrF2N2O3. The number of rotatable bonds is 9. The van der Waals surface area contributed by atoms with Gasteiger partial charge >= 0.3 is 6.61 Å². The zero-order valence-electron chi connectivity index (χ0n) is 11.5. The molecule has 1 aromatic carbocycles. The van der Waals surface area contributed by atoms with Gasteiger partial charge in [0.15, 0.2) is 0 Å². The van der Waals surface area contributed by atoms with E-state index in [2.05, 4.69) is 31.3 Å². The number of nitrogens with one attached hydrogen (secondary N) is 2. The van der Waals surface area contributed by atoms with Gasteiger partial charge in [0.05, 0.1) is 13.2 Å². The molecule has 0 saturated carbocycles. The molecule has 1 rings (SSSR count). The minimum Gasteiger partial charge on any atom is -0.434 e. The summed E-state index contributed by atoms with van der Waals surface area (Å²) >= 11 is 3.25. The first-order chi connectivity index (χ1) is 10.0. The van der Waals surface area contributed by atoms with Crippen molar-refractivity contribution >= 4 is 21.8 Å². The highest BCUT2D eigenvalue weighted by atomic mass is 79.9. The van der Waals surface area contributed by atoms with Crippen LogP contribution in [0, 0.1) is 0 Å². The minimum absolute atomic E-state index is 0.0424. The second-order valence-corrected chi connectivity index (χ2v) is 4.99. The fourth-order valence-corrected chi connectivity index (χ4v) is 1.94. The van der Waals surface area contributed by atoms with Crippen LogP contribution in [0.25, 0.3) is 0 Å². The number of hydrogen-bond donors (Lipinski definition) is 2. The van der Waals surface area contributed by atoms with Gasteiger partial charge in [0.2, 0.25) is 5.91 Å². The molecule has 0 heterocycles. The summed E-state index contributed by atoms with van der Waals surface area (Å²) in [5.74, 6) is -0.199. The van der Waals surface area contributed by atoms with Crippen molar-refractivity contribution in [2.45, 2.75) is 13.2 Å². The Hall–Kier alpha value is -1.25. The Morgan fingerprint density at radius 3 is 2.86 bits per heavy atom. The van der Waals surface area contributed by atoms with Crippen LogP contribution in [0.15, 0.2) is 22.7 Å². The Kier molecular flexibility index (Phi) is 8.17. The van der Waals surface area contributed by atoms with E-state index in [9.17, 15) is 13.6 Å². The molecule has 0 aromatic heterocycles. The van der Waals surface area contributed by atoms with E-state index in [1.54, 1.807) is 19.2 Å². The summed E-state index contributed by atoms with van der Waals surface area (Å²) in [6.45, 7) is -1.61. The summed E-state index contributed by atoms with van der Waals surface area (Å²) in [6.07, 6.45) is 0. The lowest BCUT2D eigenvalue weighted by Gasteiger charge is -2.12. The van der Waals surface area contributed by atoms with Gasteiger partial charge in [-0.3, -0.25) is 4.79 Å². The molecule has 21 heavy (non-hydrogen) atoms. The zero-order valence-corrected chi connectivity index (χ0v) is 13.1. The standard InChI is InChI=1S/C13H17BrF2N2O3/c1-20-5-4-17-8-12(19)18-7-9-6-10(14)2-3-11(9)21-13(15)16/h2-3,6,13,17H,4-5,7-8H2,1H3,(H,18,19). The van der Waals surface area contributed by atoms with Crippen LogP contribution in [-0.4, -0.2) is 39.3 Å². The molecule has 0 spiro atoms. The molecule has 0 atom stereocenters. The van der Waals surface area contributed by atoms with Crippen LogP contribution in [0.2, 0.25) is 0 Å². The Labute approximate surface area is 130 Å². The molecule has 0 fully saturated rings. The van der Waals surface area contributed by atoms with Gasteiger partial charge in [0.1, 0.15) is 5.75 Å². The Bertz CT molecular complexity index is 461. The van der Waals surface area contributed by atoms with Crippen LogP contribution in [0.1, 0.15) is 5.56 Å². The number of carbonyl (C=O) groups is 1. The first-order valence-corrected chi connectivity index (χ1v) is 7.02. The van der Waals surface area contributed by atoms with Gasteiger partial charge in [-0.1, -0.05) is 15.9 Å². The van der Waals surface area contributed by atoms with Crippen molar-refractivity contribution in [3.8, 4) is 5.75 Å². The van der Waals surface area contributed by atoms with Crippen molar-refractivity contribution in [3.05, 3.63) is 28.2 Å². The number of hydrogen-bond acceptors (Lipinski definition) is 4. The van der Waals surface area contributed by atoms with Crippen molar-refractivity contribution in [2.75, 3.05) is 26.8 Å². The predicted octanol–water partition coefficient (Wildman–Crippen LogP) is 1.90. The number of carbonyl (C=O) groups excluding carboxylic acids is 1. The second-order valence-electron chi connectivity index (χ2n) is 4.08. The summed E-state index contributed by atoms with van der Waals surface area (Å²) in [5, 5.41) is 5.51. The number of benzene rings is 1. The molecule has 0 aliphatic heterocycles. The summed E-state index contributed by atoms with van der Waals surface area (Å²) in [7, 11) is 1.57. The normalized spacial score (nSPS) is 10.7. The number of ether oxygens (including phenoxy) is 2. The summed E-state index contributed by atoms with van der Waals surface area (Å²) in [4.78, 5) is 11.6. The largest absolute Gasteiger partial charge is 0.434 e. The number of amides is 1. The summed E-state index contributed by atoms with van der Waals surface area (Å²) < 4.78 is 34.5. The Balaban J connectivity index is 2.49. The average molecular weight is 367 g/mol. The van der Waals surface area contributed by atoms with Crippen molar-refractivity contribution in [1.82, 2.24) is 10.6 Å². The van der Waals surface area contributed by atoms with Gasteiger partial charge in [0.25, 0.3) is 0 Å². The van der Waals surface area contributed by atoms with Gasteiger partial charge in [-0.25, -0.2) is 0 Å². The summed E-state index contributed by atoms with van der Waals surface area (Å²) in [6, 6.07) is 4.64. The molecule has 1 amide bonds. The maximum absolute atomic E-state index is 12.3. The van der Waals surface area contributed by atoms with E-state index in [1.807, 2.05) is 0 Å². The van der Waals surface area contributed by atoms with E-state index >= 15 is 0 Å². The van der Waals surface area contributed by atoms with Crippen molar-refractivity contribution in [2.24, 2.45) is 0 Å². The molecule has 0 bridgehead atoms. The third kappa shape index (κ3) is 7.35. The van der Waals surface area contributed by atoms with E-state index in [0.29, 0.717) is 23.2 Å². The van der Waals surface area contributed by atoms with Crippen LogP contribution >= 0.6 is 15.9 Å². The maximum atomic E-state index is 12.3. The molecule has 0 saturated heterocycles. The molecule has 118 valence electrons. The third-order valence-electron chi connectivity index (χ3n) is 2.48. The quantitative estimate of drug-likeness (QED) is 0.655. The monoisotopic (exact) mass is 366 g/mol. The lowest BCUT2D eigenvalue weighted by molar-refractivity contribution is -0.120. The molecule has 8 heteroatoms. The molecule has 0 aliphatic rings. The lowest BCUT2D eigenvalue weighted by Crippen LogP contribution is -2.34.